The Morgan fingerprint density at radius 1 is 1.55 bits per heavy atom. The Balaban J connectivity index is 3.91. The zero-order valence-corrected chi connectivity index (χ0v) is 7.50. The van der Waals surface area contributed by atoms with Crippen molar-refractivity contribution in [3.8, 4) is 0 Å². The predicted molar refractivity (Wildman–Crippen MR) is 49.6 cm³/mol. The van der Waals surface area contributed by atoms with Crippen LogP contribution in [0.3, 0.4) is 0 Å². The summed E-state index contributed by atoms with van der Waals surface area (Å²) < 4.78 is 5.04. The highest BCUT2D eigenvalue weighted by molar-refractivity contribution is 5.20. The fourth-order valence-electron chi connectivity index (χ4n) is 0.607. The summed E-state index contributed by atoms with van der Waals surface area (Å²) in [6.45, 7) is 7.63. The predicted octanol–water partition coefficient (Wildman–Crippen LogP) is 2.71. The van der Waals surface area contributed by atoms with Crippen molar-refractivity contribution in [1.29, 1.82) is 0 Å². The summed E-state index contributed by atoms with van der Waals surface area (Å²) in [5.41, 5.74) is 1.18. The van der Waals surface area contributed by atoms with Crippen molar-refractivity contribution >= 4 is 0 Å². The molecule has 0 heterocycles. The van der Waals surface area contributed by atoms with Crippen LogP contribution < -0.4 is 0 Å². The Kier molecular flexibility index (Phi) is 5.49. The molecule has 0 saturated carbocycles. The molecule has 0 aromatic rings. The van der Waals surface area contributed by atoms with Gasteiger partial charge in [-0.05, 0) is 13.8 Å². The molecule has 0 saturated heterocycles. The maximum absolute atomic E-state index is 5.04. The van der Waals surface area contributed by atoms with Gasteiger partial charge in [0, 0.05) is 7.11 Å². The first-order valence-corrected chi connectivity index (χ1v) is 3.71. The highest BCUT2D eigenvalue weighted by Gasteiger charge is 1.88. The average molecular weight is 152 g/mol. The van der Waals surface area contributed by atoms with E-state index in [2.05, 4.69) is 6.58 Å². The van der Waals surface area contributed by atoms with E-state index >= 15 is 0 Å². The molecule has 1 nitrogen and oxygen atoms in total. The van der Waals surface area contributed by atoms with Crippen molar-refractivity contribution in [2.24, 2.45) is 0 Å². The molecule has 0 aromatic heterocycles. The van der Waals surface area contributed by atoms with E-state index in [0.29, 0.717) is 0 Å². The van der Waals surface area contributed by atoms with Gasteiger partial charge in [-0.15, -0.1) is 0 Å². The van der Waals surface area contributed by atoms with Crippen LogP contribution in [0.15, 0.2) is 36.5 Å². The lowest BCUT2D eigenvalue weighted by molar-refractivity contribution is 0.156. The van der Waals surface area contributed by atoms with E-state index in [9.17, 15) is 0 Å². The SMILES string of the molecule is C=C/C=C(C)\C=C/C(C)OC. The second-order valence-electron chi connectivity index (χ2n) is 2.45. The van der Waals surface area contributed by atoms with Crippen molar-refractivity contribution in [3.63, 3.8) is 0 Å². The summed E-state index contributed by atoms with van der Waals surface area (Å²) in [6.07, 6.45) is 7.95. The molecule has 0 aliphatic heterocycles. The molecule has 0 bridgehead atoms. The van der Waals surface area contributed by atoms with Crippen LogP contribution in [0.25, 0.3) is 0 Å². The minimum absolute atomic E-state index is 0.183. The second kappa shape index (κ2) is 5.93. The fraction of sp³-hybridized carbons (Fsp3) is 0.400. The van der Waals surface area contributed by atoms with E-state index in [4.69, 9.17) is 4.74 Å². The number of allylic oxidation sites excluding steroid dienone is 4. The van der Waals surface area contributed by atoms with Crippen LogP contribution in [-0.4, -0.2) is 13.2 Å². The third-order valence-electron chi connectivity index (χ3n) is 1.38. The Hall–Kier alpha value is -0.820. The first kappa shape index (κ1) is 10.2. The number of methoxy groups -OCH3 is 1. The standard InChI is InChI=1S/C10H16O/c1-5-6-9(2)7-8-10(3)11-4/h5-8,10H,1H2,2-4H3/b8-7-,9-6-. The van der Waals surface area contributed by atoms with Crippen LogP contribution in [0, 0.1) is 0 Å². The van der Waals surface area contributed by atoms with Gasteiger partial charge in [0.25, 0.3) is 0 Å². The number of rotatable bonds is 4. The molecule has 62 valence electrons. The van der Waals surface area contributed by atoms with Crippen molar-refractivity contribution in [3.05, 3.63) is 36.5 Å². The molecule has 0 spiro atoms. The van der Waals surface area contributed by atoms with Gasteiger partial charge in [0.1, 0.15) is 0 Å². The summed E-state index contributed by atoms with van der Waals surface area (Å²) in [4.78, 5) is 0. The highest BCUT2D eigenvalue weighted by atomic mass is 16.5. The maximum atomic E-state index is 5.04. The van der Waals surface area contributed by atoms with E-state index in [1.165, 1.54) is 5.57 Å². The van der Waals surface area contributed by atoms with Crippen LogP contribution in [0.5, 0.6) is 0 Å². The molecule has 1 unspecified atom stereocenters. The first-order valence-electron chi connectivity index (χ1n) is 3.71. The lowest BCUT2D eigenvalue weighted by Gasteiger charge is -2.00. The molecule has 0 fully saturated rings. The van der Waals surface area contributed by atoms with Crippen LogP contribution in [0.4, 0.5) is 0 Å². The Morgan fingerprint density at radius 2 is 2.18 bits per heavy atom. The topological polar surface area (TPSA) is 9.23 Å². The van der Waals surface area contributed by atoms with E-state index in [-0.39, 0.29) is 6.10 Å². The Bertz CT molecular complexity index is 166. The van der Waals surface area contributed by atoms with Crippen LogP contribution >= 0.6 is 0 Å². The minimum atomic E-state index is 0.183. The van der Waals surface area contributed by atoms with Gasteiger partial charge in [-0.3, -0.25) is 0 Å². The molecule has 0 amide bonds. The van der Waals surface area contributed by atoms with Crippen LogP contribution in [-0.2, 0) is 4.74 Å². The largest absolute Gasteiger partial charge is 0.378 e. The Morgan fingerprint density at radius 3 is 2.64 bits per heavy atom. The summed E-state index contributed by atoms with van der Waals surface area (Å²) in [7, 11) is 1.70. The zero-order chi connectivity index (χ0) is 8.69. The molecule has 1 heteroatoms. The van der Waals surface area contributed by atoms with Gasteiger partial charge >= 0.3 is 0 Å². The summed E-state index contributed by atoms with van der Waals surface area (Å²) in [6, 6.07) is 0. The van der Waals surface area contributed by atoms with Gasteiger partial charge in [0.05, 0.1) is 6.10 Å². The van der Waals surface area contributed by atoms with Gasteiger partial charge in [-0.2, -0.15) is 0 Å². The zero-order valence-electron chi connectivity index (χ0n) is 7.50. The van der Waals surface area contributed by atoms with Gasteiger partial charge in [-0.25, -0.2) is 0 Å². The van der Waals surface area contributed by atoms with E-state index in [1.807, 2.05) is 32.1 Å². The van der Waals surface area contributed by atoms with Crippen molar-refractivity contribution in [2.45, 2.75) is 20.0 Å². The third kappa shape index (κ3) is 5.62. The minimum Gasteiger partial charge on any atom is -0.378 e. The fourth-order valence-corrected chi connectivity index (χ4v) is 0.607. The summed E-state index contributed by atoms with van der Waals surface area (Å²) in [5, 5.41) is 0. The summed E-state index contributed by atoms with van der Waals surface area (Å²) in [5.74, 6) is 0. The van der Waals surface area contributed by atoms with Crippen LogP contribution in [0.1, 0.15) is 13.8 Å². The second-order valence-corrected chi connectivity index (χ2v) is 2.45. The third-order valence-corrected chi connectivity index (χ3v) is 1.38. The lowest BCUT2D eigenvalue weighted by Crippen LogP contribution is -1.98. The van der Waals surface area contributed by atoms with Gasteiger partial charge < -0.3 is 4.74 Å². The normalized spacial score (nSPS) is 15.4. The molecule has 0 rings (SSSR count). The van der Waals surface area contributed by atoms with Gasteiger partial charge in [0.2, 0.25) is 0 Å². The molecular formula is C10H16O. The van der Waals surface area contributed by atoms with Gasteiger partial charge in [-0.1, -0.05) is 36.5 Å². The maximum Gasteiger partial charge on any atom is 0.0727 e. The molecular weight excluding hydrogens is 136 g/mol. The molecule has 0 aliphatic carbocycles. The van der Waals surface area contributed by atoms with E-state index < -0.39 is 0 Å². The van der Waals surface area contributed by atoms with E-state index in [0.717, 1.165) is 0 Å². The highest BCUT2D eigenvalue weighted by Crippen LogP contribution is 1.98. The molecule has 0 radical (unpaired) electrons. The van der Waals surface area contributed by atoms with Crippen molar-refractivity contribution < 1.29 is 4.74 Å². The number of hydrogen-bond acceptors (Lipinski definition) is 1. The quantitative estimate of drug-likeness (QED) is 0.563. The summed E-state index contributed by atoms with van der Waals surface area (Å²) >= 11 is 0. The van der Waals surface area contributed by atoms with Crippen molar-refractivity contribution in [2.75, 3.05) is 7.11 Å². The molecule has 0 aliphatic rings. The molecule has 0 N–H and O–H groups in total. The molecule has 0 aromatic carbocycles. The number of hydrogen-bond donors (Lipinski definition) is 0. The monoisotopic (exact) mass is 152 g/mol. The first-order chi connectivity index (χ1) is 5.20. The smallest absolute Gasteiger partial charge is 0.0727 e. The molecule has 11 heavy (non-hydrogen) atoms. The van der Waals surface area contributed by atoms with Crippen LogP contribution in [0.2, 0.25) is 0 Å². The van der Waals surface area contributed by atoms with Gasteiger partial charge in [0.15, 0.2) is 0 Å². The van der Waals surface area contributed by atoms with E-state index in [1.54, 1.807) is 13.2 Å². The average Bonchev–Trinajstić information content (AvgIpc) is 2.01. The number of ether oxygens (including phenoxy) is 1. The lowest BCUT2D eigenvalue weighted by atomic mass is 10.2. The molecule has 1 atom stereocenters. The van der Waals surface area contributed by atoms with Crippen molar-refractivity contribution in [1.82, 2.24) is 0 Å². The Labute approximate surface area is 69.1 Å².